The van der Waals surface area contributed by atoms with Gasteiger partial charge in [0.1, 0.15) is 0 Å². The van der Waals surface area contributed by atoms with Gasteiger partial charge in [0.2, 0.25) is 0 Å². The van der Waals surface area contributed by atoms with E-state index in [9.17, 15) is 0 Å². The molecule has 0 heterocycles. The summed E-state index contributed by atoms with van der Waals surface area (Å²) in [7, 11) is 0. The summed E-state index contributed by atoms with van der Waals surface area (Å²) >= 11 is 0. The fraction of sp³-hybridized carbons (Fsp3) is 1.00. The summed E-state index contributed by atoms with van der Waals surface area (Å²) in [5.74, 6) is 0. The van der Waals surface area contributed by atoms with E-state index in [1.54, 1.807) is 27.7 Å². The Balaban J connectivity index is -0.0000000213. The van der Waals surface area contributed by atoms with E-state index in [1.165, 1.54) is 0 Å². The summed E-state index contributed by atoms with van der Waals surface area (Å²) in [5, 5.41) is 30.3. The molecule has 0 fully saturated rings. The maximum atomic E-state index is 7.57. The third-order valence-corrected chi connectivity index (χ3v) is 0. The minimum atomic E-state index is 0. The molecular weight excluding hydrogens is 212 g/mol. The first-order valence-electron chi connectivity index (χ1n) is 4.09. The summed E-state index contributed by atoms with van der Waals surface area (Å²) in [6.45, 7) is 7.72. The van der Waals surface area contributed by atoms with Gasteiger partial charge in [-0.2, -0.15) is 0 Å². The first kappa shape index (κ1) is 29.2. The topological polar surface area (TPSA) is 80.9 Å². The number of hydrogen-bond acceptors (Lipinski definition) is 4. The molecule has 0 saturated heterocycles. The van der Waals surface area contributed by atoms with Crippen molar-refractivity contribution in [2.24, 2.45) is 0 Å². The van der Waals surface area contributed by atoms with Gasteiger partial charge in [-0.3, -0.25) is 0 Å². The molecule has 4 N–H and O–H groups in total. The average Bonchev–Trinajstić information content (AvgIpc) is 1.92. The van der Waals surface area contributed by atoms with Crippen molar-refractivity contribution < 1.29 is 37.8 Å². The first-order valence-corrected chi connectivity index (χ1v) is 4.09. The molecule has 5 heteroatoms. The van der Waals surface area contributed by atoms with Gasteiger partial charge in [0.15, 0.2) is 0 Å². The van der Waals surface area contributed by atoms with E-state index in [0.29, 0.717) is 0 Å². The Kier molecular flexibility index (Phi) is 188. The van der Waals surface area contributed by atoms with Crippen LogP contribution in [0.3, 0.4) is 0 Å². The molecule has 0 aliphatic carbocycles. The molecule has 0 aromatic rings. The quantitative estimate of drug-likeness (QED) is 0.477. The second-order valence-electron chi connectivity index (χ2n) is 1.26. The largest absolute Gasteiger partial charge is 2.00 e. The molecular formula is C8H24CrO4+2. The smallest absolute Gasteiger partial charge is 0.397 e. The molecule has 0 aromatic carbocycles. The third kappa shape index (κ3) is 9590. The molecule has 0 aliphatic rings. The van der Waals surface area contributed by atoms with Crippen molar-refractivity contribution in [1.29, 1.82) is 0 Å². The molecule has 0 aromatic heterocycles. The van der Waals surface area contributed by atoms with Crippen LogP contribution in [0.4, 0.5) is 0 Å². The molecule has 0 radical (unpaired) electrons. The molecule has 0 atom stereocenters. The number of hydrogen-bond donors (Lipinski definition) is 4. The maximum absolute atomic E-state index is 7.57. The van der Waals surface area contributed by atoms with Crippen molar-refractivity contribution >= 4 is 0 Å². The second-order valence-corrected chi connectivity index (χ2v) is 1.26. The van der Waals surface area contributed by atoms with E-state index in [-0.39, 0.29) is 43.8 Å². The Morgan fingerprint density at radius 2 is 0.538 bits per heavy atom. The van der Waals surface area contributed by atoms with Crippen LogP contribution in [0.15, 0.2) is 0 Å². The van der Waals surface area contributed by atoms with Gasteiger partial charge in [-0.25, -0.2) is 0 Å². The molecule has 0 bridgehead atoms. The van der Waals surface area contributed by atoms with Crippen molar-refractivity contribution in [3.63, 3.8) is 0 Å². The third-order valence-electron chi connectivity index (χ3n) is 0. The van der Waals surface area contributed by atoms with Gasteiger partial charge in [0.05, 0.1) is 0 Å². The van der Waals surface area contributed by atoms with Crippen molar-refractivity contribution in [1.82, 2.24) is 0 Å². The Hall–Kier alpha value is 0.372. The van der Waals surface area contributed by atoms with Gasteiger partial charge >= 0.3 is 17.4 Å². The van der Waals surface area contributed by atoms with Crippen LogP contribution in [0.1, 0.15) is 27.7 Å². The van der Waals surface area contributed by atoms with E-state index in [4.69, 9.17) is 20.4 Å². The Labute approximate surface area is 92.4 Å². The minimum Gasteiger partial charge on any atom is -0.397 e. The van der Waals surface area contributed by atoms with Crippen LogP contribution in [-0.2, 0) is 17.4 Å². The van der Waals surface area contributed by atoms with Crippen molar-refractivity contribution in [3.05, 3.63) is 0 Å². The number of aliphatic hydroxyl groups excluding tert-OH is 4. The molecule has 84 valence electrons. The molecule has 4 nitrogen and oxygen atoms in total. The first-order chi connectivity index (χ1) is 5.66. The minimum absolute atomic E-state index is 0. The molecule has 0 aliphatic heterocycles. The van der Waals surface area contributed by atoms with Gasteiger partial charge in [0.25, 0.3) is 0 Å². The molecule has 0 rings (SSSR count). The van der Waals surface area contributed by atoms with Crippen molar-refractivity contribution in [2.75, 3.05) is 26.4 Å². The van der Waals surface area contributed by atoms with Crippen LogP contribution in [0, 0.1) is 0 Å². The fourth-order valence-corrected chi connectivity index (χ4v) is 0. The Morgan fingerprint density at radius 3 is 0.538 bits per heavy atom. The predicted octanol–water partition coefficient (Wildman–Crippen LogP) is -0.00810. The van der Waals surface area contributed by atoms with Crippen LogP contribution < -0.4 is 0 Å². The molecule has 0 spiro atoms. The Bertz CT molecular complexity index is 24.1. The zero-order valence-electron chi connectivity index (χ0n) is 9.03. The molecule has 0 amide bonds. The standard InChI is InChI=1S/4C2H6O.Cr/c4*1-2-3;/h4*3H,2H2,1H3;/q;;;;+2. The van der Waals surface area contributed by atoms with Gasteiger partial charge in [-0.05, 0) is 27.7 Å². The van der Waals surface area contributed by atoms with E-state index in [2.05, 4.69) is 0 Å². The summed E-state index contributed by atoms with van der Waals surface area (Å²) < 4.78 is 0. The molecule has 0 unspecified atom stereocenters. The van der Waals surface area contributed by atoms with Gasteiger partial charge in [-0.15, -0.1) is 0 Å². The zero-order chi connectivity index (χ0) is 10.8. The SMILES string of the molecule is CCO.CCO.CCO.CCO.[Cr+2]. The van der Waals surface area contributed by atoms with Gasteiger partial charge in [0, 0.05) is 26.4 Å². The molecule has 0 saturated carbocycles. The van der Waals surface area contributed by atoms with Crippen LogP contribution in [0.5, 0.6) is 0 Å². The van der Waals surface area contributed by atoms with Crippen LogP contribution in [0.2, 0.25) is 0 Å². The van der Waals surface area contributed by atoms with E-state index >= 15 is 0 Å². The van der Waals surface area contributed by atoms with Crippen molar-refractivity contribution in [3.8, 4) is 0 Å². The zero-order valence-corrected chi connectivity index (χ0v) is 10.3. The number of aliphatic hydroxyl groups is 4. The van der Waals surface area contributed by atoms with Gasteiger partial charge in [-0.1, -0.05) is 0 Å². The summed E-state index contributed by atoms with van der Waals surface area (Å²) in [6, 6.07) is 0. The van der Waals surface area contributed by atoms with Crippen LogP contribution in [0.25, 0.3) is 0 Å². The van der Waals surface area contributed by atoms with Crippen LogP contribution in [-0.4, -0.2) is 46.9 Å². The number of rotatable bonds is 0. The van der Waals surface area contributed by atoms with Crippen molar-refractivity contribution in [2.45, 2.75) is 27.7 Å². The van der Waals surface area contributed by atoms with Crippen LogP contribution >= 0.6 is 0 Å². The normalized spacial score (nSPS) is 5.54. The average molecular weight is 236 g/mol. The van der Waals surface area contributed by atoms with E-state index < -0.39 is 0 Å². The monoisotopic (exact) mass is 236 g/mol. The molecule has 13 heavy (non-hydrogen) atoms. The predicted molar refractivity (Wildman–Crippen MR) is 51.0 cm³/mol. The maximum Gasteiger partial charge on any atom is 2.00 e. The fourth-order valence-electron chi connectivity index (χ4n) is 0. The van der Waals surface area contributed by atoms with E-state index in [1.807, 2.05) is 0 Å². The second kappa shape index (κ2) is 83.7. The summed E-state index contributed by atoms with van der Waals surface area (Å²) in [6.07, 6.45) is 0. The van der Waals surface area contributed by atoms with Gasteiger partial charge < -0.3 is 20.4 Å². The van der Waals surface area contributed by atoms with E-state index in [0.717, 1.165) is 0 Å². The Morgan fingerprint density at radius 1 is 0.538 bits per heavy atom. The summed E-state index contributed by atoms with van der Waals surface area (Å²) in [5.41, 5.74) is 0. The summed E-state index contributed by atoms with van der Waals surface area (Å²) in [4.78, 5) is 0.